The van der Waals surface area contributed by atoms with Crippen LogP contribution >= 0.6 is 17.8 Å². The van der Waals surface area contributed by atoms with Gasteiger partial charge in [0.1, 0.15) is 0 Å². The van der Waals surface area contributed by atoms with Crippen LogP contribution in [-0.4, -0.2) is 16.1 Å². The SMILES string of the molecule is CCC[CH2][Sn]([Cl])([Cl])[CH]1CCCCC1. The van der Waals surface area contributed by atoms with Gasteiger partial charge in [-0.25, -0.2) is 0 Å². The summed E-state index contributed by atoms with van der Waals surface area (Å²) in [4.78, 5) is 0. The van der Waals surface area contributed by atoms with Crippen LogP contribution in [0.25, 0.3) is 0 Å². The van der Waals surface area contributed by atoms with Crippen molar-refractivity contribution in [2.24, 2.45) is 0 Å². The third-order valence-electron chi connectivity index (χ3n) is 3.07. The molecule has 0 aromatic rings. The number of hydrogen-bond acceptors (Lipinski definition) is 0. The summed E-state index contributed by atoms with van der Waals surface area (Å²) in [5.74, 6) is 0. The predicted molar refractivity (Wildman–Crippen MR) is 64.0 cm³/mol. The maximum absolute atomic E-state index is 6.57. The first-order chi connectivity index (χ1) is 6.17. The summed E-state index contributed by atoms with van der Waals surface area (Å²) in [6, 6.07) is 0. The number of halogens is 2. The van der Waals surface area contributed by atoms with E-state index in [1.807, 2.05) is 0 Å². The van der Waals surface area contributed by atoms with E-state index in [9.17, 15) is 0 Å². The number of rotatable bonds is 4. The third kappa shape index (κ3) is 4.17. The van der Waals surface area contributed by atoms with Crippen molar-refractivity contribution in [1.29, 1.82) is 0 Å². The molecule has 0 amide bonds. The van der Waals surface area contributed by atoms with E-state index in [2.05, 4.69) is 6.92 Å². The van der Waals surface area contributed by atoms with Gasteiger partial charge >= 0.3 is 94.2 Å². The molecule has 0 radical (unpaired) electrons. The molecular weight excluding hydrogens is 310 g/mol. The van der Waals surface area contributed by atoms with E-state index in [4.69, 9.17) is 17.8 Å². The van der Waals surface area contributed by atoms with Crippen LogP contribution in [0.3, 0.4) is 0 Å². The fraction of sp³-hybridized carbons (Fsp3) is 1.00. The van der Waals surface area contributed by atoms with E-state index in [-0.39, 0.29) is 0 Å². The van der Waals surface area contributed by atoms with Gasteiger partial charge in [-0.1, -0.05) is 0 Å². The molecule has 0 aromatic heterocycles. The Kier molecular flexibility index (Phi) is 5.81. The zero-order chi connectivity index (χ0) is 9.73. The Morgan fingerprint density at radius 2 is 1.77 bits per heavy atom. The van der Waals surface area contributed by atoms with Crippen LogP contribution < -0.4 is 0 Å². The summed E-state index contributed by atoms with van der Waals surface area (Å²) >= 11 is -2.62. The molecule has 0 spiro atoms. The summed E-state index contributed by atoms with van der Waals surface area (Å²) in [6.07, 6.45) is 9.29. The molecule has 1 fully saturated rings. The second-order valence-electron chi connectivity index (χ2n) is 4.20. The molecule has 78 valence electrons. The Labute approximate surface area is 93.7 Å². The first kappa shape index (κ1) is 12.4. The van der Waals surface area contributed by atoms with Crippen molar-refractivity contribution < 1.29 is 0 Å². The van der Waals surface area contributed by atoms with Crippen molar-refractivity contribution >= 4 is 34.0 Å². The molecule has 1 aliphatic carbocycles. The molecule has 0 atom stereocenters. The fourth-order valence-electron chi connectivity index (χ4n) is 2.14. The molecule has 1 rings (SSSR count). The number of hydrogen-bond donors (Lipinski definition) is 0. The van der Waals surface area contributed by atoms with Crippen LogP contribution in [0.2, 0.25) is 8.37 Å². The van der Waals surface area contributed by atoms with Crippen LogP contribution in [0.4, 0.5) is 0 Å². The average molecular weight is 330 g/mol. The molecule has 0 aromatic carbocycles. The Bertz CT molecular complexity index is 142. The summed E-state index contributed by atoms with van der Waals surface area (Å²) in [6.45, 7) is 2.22. The molecule has 0 saturated heterocycles. The molecule has 0 aliphatic heterocycles. The van der Waals surface area contributed by atoms with Crippen molar-refractivity contribution in [2.75, 3.05) is 0 Å². The van der Waals surface area contributed by atoms with E-state index < -0.39 is 16.1 Å². The average Bonchev–Trinajstić information content (AvgIpc) is 2.16. The van der Waals surface area contributed by atoms with Crippen LogP contribution in [0, 0.1) is 0 Å². The van der Waals surface area contributed by atoms with Gasteiger partial charge in [-0.05, 0) is 0 Å². The molecule has 1 saturated carbocycles. The van der Waals surface area contributed by atoms with E-state index in [0.717, 1.165) is 3.93 Å². The molecule has 3 heteroatoms. The minimum atomic E-state index is -2.62. The van der Waals surface area contributed by atoms with Crippen molar-refractivity contribution in [2.45, 2.75) is 60.2 Å². The van der Waals surface area contributed by atoms with E-state index >= 15 is 0 Å². The zero-order valence-corrected chi connectivity index (χ0v) is 12.9. The van der Waals surface area contributed by atoms with Gasteiger partial charge < -0.3 is 0 Å². The van der Waals surface area contributed by atoms with Crippen LogP contribution in [0.5, 0.6) is 0 Å². The fourth-order valence-corrected chi connectivity index (χ4v) is 14.0. The summed E-state index contributed by atoms with van der Waals surface area (Å²) in [7, 11) is 13.1. The van der Waals surface area contributed by atoms with Crippen LogP contribution in [0.1, 0.15) is 51.9 Å². The Hall–Kier alpha value is 1.38. The Morgan fingerprint density at radius 3 is 2.31 bits per heavy atom. The van der Waals surface area contributed by atoms with Gasteiger partial charge in [0.15, 0.2) is 0 Å². The molecular formula is C10H20Cl2Sn. The van der Waals surface area contributed by atoms with E-state index in [1.165, 1.54) is 49.4 Å². The van der Waals surface area contributed by atoms with Gasteiger partial charge in [-0.3, -0.25) is 0 Å². The molecule has 0 N–H and O–H groups in total. The maximum atomic E-state index is 6.57. The minimum absolute atomic E-state index is 0.762. The summed E-state index contributed by atoms with van der Waals surface area (Å²) < 4.78 is 1.94. The van der Waals surface area contributed by atoms with Crippen LogP contribution in [0.15, 0.2) is 0 Å². The second-order valence-corrected chi connectivity index (χ2v) is 22.6. The monoisotopic (exact) mass is 330 g/mol. The second kappa shape index (κ2) is 6.07. The number of unbranched alkanes of at least 4 members (excludes halogenated alkanes) is 1. The standard InChI is InChI=1S/C6H11.C4H9.2ClH.Sn/c1-2-4-6-5-3-1;1-3-4-2;;;/h1H,2-6H2;1,3-4H2,2H3;2*1H;/q;;;;+2/p-2. The molecule has 1 aliphatic rings. The summed E-state index contributed by atoms with van der Waals surface area (Å²) in [5, 5.41) is 0. The third-order valence-corrected chi connectivity index (χ3v) is 17.7. The van der Waals surface area contributed by atoms with Crippen molar-refractivity contribution in [1.82, 2.24) is 0 Å². The van der Waals surface area contributed by atoms with Gasteiger partial charge in [0.25, 0.3) is 0 Å². The van der Waals surface area contributed by atoms with E-state index in [1.54, 1.807) is 0 Å². The normalized spacial score (nSPS) is 20.5. The molecule has 0 unspecified atom stereocenters. The summed E-state index contributed by atoms with van der Waals surface area (Å²) in [5.41, 5.74) is 0. The van der Waals surface area contributed by atoms with Crippen molar-refractivity contribution in [3.63, 3.8) is 0 Å². The topological polar surface area (TPSA) is 0 Å². The first-order valence-corrected chi connectivity index (χ1v) is 16.4. The molecule has 0 nitrogen and oxygen atoms in total. The van der Waals surface area contributed by atoms with Gasteiger partial charge in [-0.15, -0.1) is 0 Å². The molecule has 13 heavy (non-hydrogen) atoms. The Balaban J connectivity index is 2.36. The quantitative estimate of drug-likeness (QED) is 0.634. The van der Waals surface area contributed by atoms with Gasteiger partial charge in [-0.2, -0.15) is 0 Å². The molecule has 0 bridgehead atoms. The molecule has 0 heterocycles. The van der Waals surface area contributed by atoms with Crippen molar-refractivity contribution in [3.05, 3.63) is 0 Å². The predicted octanol–water partition coefficient (Wildman–Crippen LogP) is 5.04. The van der Waals surface area contributed by atoms with Gasteiger partial charge in [0, 0.05) is 0 Å². The Morgan fingerprint density at radius 1 is 1.15 bits per heavy atom. The van der Waals surface area contributed by atoms with Crippen LogP contribution in [-0.2, 0) is 0 Å². The van der Waals surface area contributed by atoms with E-state index in [0.29, 0.717) is 0 Å². The van der Waals surface area contributed by atoms with Crippen molar-refractivity contribution in [3.8, 4) is 0 Å². The van der Waals surface area contributed by atoms with Gasteiger partial charge in [0.2, 0.25) is 0 Å². The zero-order valence-electron chi connectivity index (χ0n) is 8.49. The van der Waals surface area contributed by atoms with Gasteiger partial charge in [0.05, 0.1) is 0 Å². The first-order valence-electron chi connectivity index (χ1n) is 5.54.